The topological polar surface area (TPSA) is 43.6 Å². The molecular weight excluding hydrogens is 797 g/mol. The third-order valence-electron chi connectivity index (χ3n) is 12.6. The molecule has 298 valence electrons. The van der Waals surface area contributed by atoms with Gasteiger partial charge in [-0.15, -0.1) is 11.3 Å². The van der Waals surface area contributed by atoms with Crippen LogP contribution in [0.25, 0.3) is 126 Å². The Bertz CT molecular complexity index is 3940. The van der Waals surface area contributed by atoms with E-state index in [2.05, 4.69) is 205 Å². The summed E-state index contributed by atoms with van der Waals surface area (Å²) >= 11 is 1.86. The fraction of sp³-hybridized carbons (Fsp3) is 0. The minimum absolute atomic E-state index is 0.691. The predicted octanol–water partition coefficient (Wildman–Crippen LogP) is 16.0. The standard InChI is InChI=1S/C59H36N4S/c1-3-16-39(17-4-1)56-55-48-24-9-11-27-52(48)63(57(55)54-44-22-8-7-15-37(44)31-34-49(54)60-56)43-32-29-38(30-33-43)50-36-51(62-59(61-50)40-18-5-2-6-19-40)42-21-13-20-41(35-42)45-25-14-26-47-46-23-10-12-28-53(46)64-58(45)47/h1-36H. The quantitative estimate of drug-likeness (QED) is 0.157. The lowest BCUT2D eigenvalue weighted by molar-refractivity contribution is 1.17. The summed E-state index contributed by atoms with van der Waals surface area (Å²) in [5.41, 5.74) is 13.5. The van der Waals surface area contributed by atoms with Crippen molar-refractivity contribution in [2.45, 2.75) is 0 Å². The third kappa shape index (κ3) is 5.86. The van der Waals surface area contributed by atoms with Crippen LogP contribution in [0.15, 0.2) is 218 Å². The smallest absolute Gasteiger partial charge is 0.160 e. The van der Waals surface area contributed by atoms with Crippen LogP contribution in [0.4, 0.5) is 0 Å². The van der Waals surface area contributed by atoms with Crippen LogP contribution in [0.1, 0.15) is 0 Å². The molecule has 5 heteroatoms. The van der Waals surface area contributed by atoms with Crippen molar-refractivity contribution in [2.75, 3.05) is 0 Å². The first-order valence-corrected chi connectivity index (χ1v) is 22.4. The summed E-state index contributed by atoms with van der Waals surface area (Å²) < 4.78 is 5.03. The van der Waals surface area contributed by atoms with Gasteiger partial charge in [-0.2, -0.15) is 0 Å². The Morgan fingerprint density at radius 3 is 1.86 bits per heavy atom. The van der Waals surface area contributed by atoms with Crippen LogP contribution in [-0.2, 0) is 0 Å². The minimum Gasteiger partial charge on any atom is -0.308 e. The predicted molar refractivity (Wildman–Crippen MR) is 269 cm³/mol. The molecule has 0 unspecified atom stereocenters. The Labute approximate surface area is 373 Å². The van der Waals surface area contributed by atoms with Crippen molar-refractivity contribution in [3.05, 3.63) is 218 Å². The van der Waals surface area contributed by atoms with Crippen molar-refractivity contribution >= 4 is 75.0 Å². The zero-order valence-electron chi connectivity index (χ0n) is 34.5. The summed E-state index contributed by atoms with van der Waals surface area (Å²) in [6, 6.07) is 77.7. The van der Waals surface area contributed by atoms with E-state index in [1.165, 1.54) is 41.9 Å². The summed E-state index contributed by atoms with van der Waals surface area (Å²) in [5, 5.41) is 8.42. The van der Waals surface area contributed by atoms with Gasteiger partial charge < -0.3 is 4.57 Å². The molecule has 9 aromatic carbocycles. The molecule has 0 spiro atoms. The molecule has 0 aliphatic rings. The van der Waals surface area contributed by atoms with Crippen LogP contribution in [0.5, 0.6) is 0 Å². The molecule has 13 aromatic rings. The Hall–Kier alpha value is -8.25. The van der Waals surface area contributed by atoms with Gasteiger partial charge in [-0.05, 0) is 64.4 Å². The van der Waals surface area contributed by atoms with Gasteiger partial charge in [-0.1, -0.05) is 176 Å². The number of rotatable bonds is 6. The third-order valence-corrected chi connectivity index (χ3v) is 13.8. The summed E-state index contributed by atoms with van der Waals surface area (Å²) in [6.07, 6.45) is 0. The summed E-state index contributed by atoms with van der Waals surface area (Å²) in [6.45, 7) is 0. The Morgan fingerprint density at radius 1 is 0.391 bits per heavy atom. The molecule has 0 radical (unpaired) electrons. The number of para-hydroxylation sites is 1. The fourth-order valence-corrected chi connectivity index (χ4v) is 10.9. The van der Waals surface area contributed by atoms with Gasteiger partial charge in [-0.3, -0.25) is 0 Å². The molecule has 4 nitrogen and oxygen atoms in total. The van der Waals surface area contributed by atoms with Crippen molar-refractivity contribution in [1.29, 1.82) is 0 Å². The maximum Gasteiger partial charge on any atom is 0.160 e. The zero-order chi connectivity index (χ0) is 42.1. The second-order valence-electron chi connectivity index (χ2n) is 16.3. The lowest BCUT2D eigenvalue weighted by atomic mass is 9.99. The fourth-order valence-electron chi connectivity index (χ4n) is 9.63. The maximum atomic E-state index is 5.42. The first-order chi connectivity index (χ1) is 31.7. The molecule has 4 heterocycles. The van der Waals surface area contributed by atoms with Crippen molar-refractivity contribution in [3.63, 3.8) is 0 Å². The van der Waals surface area contributed by atoms with Crippen molar-refractivity contribution in [3.8, 4) is 62.0 Å². The van der Waals surface area contributed by atoms with Crippen LogP contribution in [0.3, 0.4) is 0 Å². The molecule has 0 fully saturated rings. The summed E-state index contributed by atoms with van der Waals surface area (Å²) in [4.78, 5) is 15.9. The van der Waals surface area contributed by atoms with Crippen molar-refractivity contribution < 1.29 is 0 Å². The van der Waals surface area contributed by atoms with Crippen LogP contribution in [0, 0.1) is 0 Å². The second-order valence-corrected chi connectivity index (χ2v) is 17.4. The van der Waals surface area contributed by atoms with E-state index in [0.717, 1.165) is 77.9 Å². The Morgan fingerprint density at radius 2 is 1.03 bits per heavy atom. The highest BCUT2D eigenvalue weighted by molar-refractivity contribution is 7.26. The van der Waals surface area contributed by atoms with Gasteiger partial charge in [0.15, 0.2) is 5.82 Å². The van der Waals surface area contributed by atoms with E-state index in [0.29, 0.717) is 5.82 Å². The lowest BCUT2D eigenvalue weighted by Crippen LogP contribution is -1.98. The number of benzene rings is 9. The molecule has 0 saturated heterocycles. The van der Waals surface area contributed by atoms with E-state index < -0.39 is 0 Å². The number of hydrogen-bond acceptors (Lipinski definition) is 4. The van der Waals surface area contributed by atoms with Gasteiger partial charge in [0.25, 0.3) is 0 Å². The highest BCUT2D eigenvalue weighted by Gasteiger charge is 2.22. The molecule has 64 heavy (non-hydrogen) atoms. The Balaban J connectivity index is 0.987. The molecule has 0 aliphatic heterocycles. The number of aromatic nitrogens is 4. The first-order valence-electron chi connectivity index (χ1n) is 21.6. The maximum absolute atomic E-state index is 5.42. The average molecular weight is 833 g/mol. The average Bonchev–Trinajstić information content (AvgIpc) is 3.93. The van der Waals surface area contributed by atoms with Crippen LogP contribution in [0.2, 0.25) is 0 Å². The lowest BCUT2D eigenvalue weighted by Gasteiger charge is -2.14. The van der Waals surface area contributed by atoms with Gasteiger partial charge in [0.1, 0.15) is 0 Å². The van der Waals surface area contributed by atoms with Gasteiger partial charge in [0.05, 0.1) is 33.6 Å². The molecule has 0 N–H and O–H groups in total. The number of fused-ring (bicyclic) bond motifs is 10. The Kier molecular flexibility index (Phi) is 8.36. The van der Waals surface area contributed by atoms with E-state index >= 15 is 0 Å². The molecule has 0 aliphatic carbocycles. The van der Waals surface area contributed by atoms with E-state index in [9.17, 15) is 0 Å². The van der Waals surface area contributed by atoms with Crippen molar-refractivity contribution in [1.82, 2.24) is 19.5 Å². The minimum atomic E-state index is 0.691. The zero-order valence-corrected chi connectivity index (χ0v) is 35.3. The summed E-state index contributed by atoms with van der Waals surface area (Å²) in [5.74, 6) is 0.691. The van der Waals surface area contributed by atoms with Crippen molar-refractivity contribution in [2.24, 2.45) is 0 Å². The highest BCUT2D eigenvalue weighted by atomic mass is 32.1. The van der Waals surface area contributed by atoms with E-state index in [4.69, 9.17) is 15.0 Å². The van der Waals surface area contributed by atoms with Crippen LogP contribution >= 0.6 is 11.3 Å². The van der Waals surface area contributed by atoms with Gasteiger partial charge >= 0.3 is 0 Å². The molecule has 4 aromatic heterocycles. The van der Waals surface area contributed by atoms with Crippen LogP contribution in [-0.4, -0.2) is 19.5 Å². The van der Waals surface area contributed by atoms with Crippen LogP contribution < -0.4 is 0 Å². The second kappa shape index (κ2) is 14.7. The van der Waals surface area contributed by atoms with E-state index in [1.54, 1.807) is 0 Å². The van der Waals surface area contributed by atoms with E-state index in [-0.39, 0.29) is 0 Å². The largest absolute Gasteiger partial charge is 0.308 e. The molecule has 13 rings (SSSR count). The number of hydrogen-bond donors (Lipinski definition) is 0. The van der Waals surface area contributed by atoms with Gasteiger partial charge in [0, 0.05) is 64.3 Å². The number of pyridine rings is 1. The molecule has 0 saturated carbocycles. The first kappa shape index (κ1) is 36.4. The summed E-state index contributed by atoms with van der Waals surface area (Å²) in [7, 11) is 0. The van der Waals surface area contributed by atoms with E-state index in [1.807, 2.05) is 29.5 Å². The molecule has 0 amide bonds. The molecule has 0 bridgehead atoms. The van der Waals surface area contributed by atoms with Gasteiger partial charge in [-0.25, -0.2) is 15.0 Å². The normalized spacial score (nSPS) is 11.8. The SMILES string of the molecule is c1ccc(-c2nc(-c3ccc(-n4c5ccccc5c5c(-c6ccccc6)nc6ccc7ccccc7c6c54)cc3)cc(-c3cccc(-c4cccc5c4sc4ccccc45)c3)n2)cc1. The molecule has 0 atom stereocenters. The van der Waals surface area contributed by atoms with Gasteiger partial charge in [0.2, 0.25) is 0 Å². The molecular formula is C59H36N4S. The number of thiophene rings is 1. The monoisotopic (exact) mass is 832 g/mol. The number of nitrogens with zero attached hydrogens (tertiary/aromatic N) is 4. The highest BCUT2D eigenvalue weighted by Crippen LogP contribution is 2.44.